The van der Waals surface area contributed by atoms with E-state index in [9.17, 15) is 4.79 Å². The van der Waals surface area contributed by atoms with Crippen LogP contribution < -0.4 is 11.1 Å². The summed E-state index contributed by atoms with van der Waals surface area (Å²) in [5, 5.41) is 4.22. The second-order valence-electron chi connectivity index (χ2n) is 5.67. The van der Waals surface area contributed by atoms with E-state index in [4.69, 9.17) is 5.73 Å². The molecule has 0 saturated heterocycles. The van der Waals surface area contributed by atoms with Crippen LogP contribution in [0.15, 0.2) is 24.3 Å². The summed E-state index contributed by atoms with van der Waals surface area (Å²) in [7, 11) is 0. The second-order valence-corrected chi connectivity index (χ2v) is 6.75. The van der Waals surface area contributed by atoms with Gasteiger partial charge in [0.25, 0.3) is 5.91 Å². The number of nitrogen functional groups attached to an aromatic ring is 1. The number of carbonyl (C=O) groups excluding carboxylic acids is 1. The van der Waals surface area contributed by atoms with Gasteiger partial charge in [-0.2, -0.15) is 0 Å². The van der Waals surface area contributed by atoms with Crippen LogP contribution in [-0.4, -0.2) is 11.9 Å². The zero-order valence-electron chi connectivity index (χ0n) is 11.7. The fraction of sp³-hybridized carbons (Fsp3) is 0.438. The van der Waals surface area contributed by atoms with Crippen molar-refractivity contribution < 1.29 is 4.79 Å². The van der Waals surface area contributed by atoms with Gasteiger partial charge in [-0.1, -0.05) is 19.8 Å². The summed E-state index contributed by atoms with van der Waals surface area (Å²) in [6.07, 6.45) is 4.78. The van der Waals surface area contributed by atoms with Gasteiger partial charge in [0.15, 0.2) is 0 Å². The lowest BCUT2D eigenvalue weighted by Crippen LogP contribution is -2.34. The Kier molecular flexibility index (Phi) is 3.66. The molecule has 1 aromatic carbocycles. The summed E-state index contributed by atoms with van der Waals surface area (Å²) in [6.45, 7) is 2.14. The number of nitrogens with one attached hydrogen (secondary N) is 1. The minimum absolute atomic E-state index is 0.0530. The first-order valence-electron chi connectivity index (χ1n) is 7.25. The molecule has 4 heteroatoms. The van der Waals surface area contributed by atoms with E-state index in [1.54, 1.807) is 0 Å². The lowest BCUT2D eigenvalue weighted by atomic mass is 10.1. The molecule has 1 aliphatic carbocycles. The summed E-state index contributed by atoms with van der Waals surface area (Å²) in [4.78, 5) is 13.1. The first kappa shape index (κ1) is 13.4. The van der Waals surface area contributed by atoms with Gasteiger partial charge in [-0.3, -0.25) is 4.79 Å². The molecule has 1 atom stereocenters. The minimum Gasteiger partial charge on any atom is -0.399 e. The first-order valence-corrected chi connectivity index (χ1v) is 8.07. The number of hydrogen-bond acceptors (Lipinski definition) is 3. The van der Waals surface area contributed by atoms with E-state index in [1.165, 1.54) is 24.2 Å². The van der Waals surface area contributed by atoms with Gasteiger partial charge in [-0.05, 0) is 48.4 Å². The minimum atomic E-state index is 0.0530. The maximum atomic E-state index is 12.3. The average molecular weight is 288 g/mol. The molecule has 20 heavy (non-hydrogen) atoms. The van der Waals surface area contributed by atoms with Gasteiger partial charge in [-0.25, -0.2) is 0 Å². The number of rotatable bonds is 5. The standard InChI is InChI=1S/C16H20N2OS/c1-2-13(7-10-3-4-10)18-16(19)15-9-11-8-12(17)5-6-14(11)20-15/h5-6,8-10,13H,2-4,7,17H2,1H3,(H,18,19). The lowest BCUT2D eigenvalue weighted by molar-refractivity contribution is 0.0937. The van der Waals surface area contributed by atoms with E-state index >= 15 is 0 Å². The molecule has 0 radical (unpaired) electrons. The molecule has 1 fully saturated rings. The Hall–Kier alpha value is -1.55. The summed E-state index contributed by atoms with van der Waals surface area (Å²) in [5.41, 5.74) is 6.52. The zero-order valence-corrected chi connectivity index (χ0v) is 12.5. The molecular formula is C16H20N2OS. The number of nitrogens with two attached hydrogens (primary N) is 1. The van der Waals surface area contributed by atoms with Crippen LogP contribution in [0.4, 0.5) is 5.69 Å². The van der Waals surface area contributed by atoms with Crippen molar-refractivity contribution in [3.63, 3.8) is 0 Å². The van der Waals surface area contributed by atoms with Crippen molar-refractivity contribution in [1.82, 2.24) is 5.32 Å². The highest BCUT2D eigenvalue weighted by atomic mass is 32.1. The first-order chi connectivity index (χ1) is 9.65. The van der Waals surface area contributed by atoms with E-state index in [0.29, 0.717) is 6.04 Å². The van der Waals surface area contributed by atoms with Crippen molar-refractivity contribution in [2.45, 2.75) is 38.6 Å². The Balaban J connectivity index is 1.73. The third-order valence-electron chi connectivity index (χ3n) is 3.91. The highest BCUT2D eigenvalue weighted by molar-refractivity contribution is 7.20. The quantitative estimate of drug-likeness (QED) is 0.822. The van der Waals surface area contributed by atoms with Gasteiger partial charge >= 0.3 is 0 Å². The molecule has 1 aromatic heterocycles. The molecule has 1 amide bonds. The predicted octanol–water partition coefficient (Wildman–Crippen LogP) is 3.79. The number of thiophene rings is 1. The van der Waals surface area contributed by atoms with Crippen molar-refractivity contribution in [2.24, 2.45) is 5.92 Å². The van der Waals surface area contributed by atoms with E-state index in [0.717, 1.165) is 39.4 Å². The Morgan fingerprint density at radius 3 is 2.95 bits per heavy atom. The Morgan fingerprint density at radius 2 is 2.25 bits per heavy atom. The number of anilines is 1. The van der Waals surface area contributed by atoms with Gasteiger partial charge in [0.1, 0.15) is 0 Å². The topological polar surface area (TPSA) is 55.1 Å². The largest absolute Gasteiger partial charge is 0.399 e. The van der Waals surface area contributed by atoms with Crippen LogP contribution in [0.2, 0.25) is 0 Å². The summed E-state index contributed by atoms with van der Waals surface area (Å²) in [6, 6.07) is 8.03. The number of hydrogen-bond donors (Lipinski definition) is 2. The molecule has 1 aliphatic rings. The van der Waals surface area contributed by atoms with E-state index in [-0.39, 0.29) is 5.91 Å². The van der Waals surface area contributed by atoms with Crippen LogP contribution in [0.1, 0.15) is 42.3 Å². The van der Waals surface area contributed by atoms with Gasteiger partial charge < -0.3 is 11.1 Å². The van der Waals surface area contributed by atoms with Crippen LogP contribution in [0.25, 0.3) is 10.1 Å². The van der Waals surface area contributed by atoms with Gasteiger partial charge in [0.2, 0.25) is 0 Å². The lowest BCUT2D eigenvalue weighted by Gasteiger charge is -2.15. The number of fused-ring (bicyclic) bond motifs is 1. The average Bonchev–Trinajstić information content (AvgIpc) is 3.14. The van der Waals surface area contributed by atoms with E-state index in [2.05, 4.69) is 12.2 Å². The van der Waals surface area contributed by atoms with Crippen molar-refractivity contribution >= 4 is 33.0 Å². The second kappa shape index (κ2) is 5.44. The summed E-state index contributed by atoms with van der Waals surface area (Å²) >= 11 is 1.53. The van der Waals surface area contributed by atoms with E-state index < -0.39 is 0 Å². The molecule has 0 aliphatic heterocycles. The molecule has 0 spiro atoms. The maximum Gasteiger partial charge on any atom is 0.261 e. The Bertz CT molecular complexity index is 630. The van der Waals surface area contributed by atoms with Crippen LogP contribution in [-0.2, 0) is 0 Å². The zero-order chi connectivity index (χ0) is 14.1. The maximum absolute atomic E-state index is 12.3. The van der Waals surface area contributed by atoms with Gasteiger partial charge in [0.05, 0.1) is 4.88 Å². The molecule has 0 bridgehead atoms. The molecule has 106 valence electrons. The molecule has 1 unspecified atom stereocenters. The normalized spacial score (nSPS) is 16.2. The number of benzene rings is 1. The summed E-state index contributed by atoms with van der Waals surface area (Å²) < 4.78 is 1.11. The van der Waals surface area contributed by atoms with Crippen LogP contribution in [0.5, 0.6) is 0 Å². The smallest absolute Gasteiger partial charge is 0.261 e. The SMILES string of the molecule is CCC(CC1CC1)NC(=O)c1cc2cc(N)ccc2s1. The monoisotopic (exact) mass is 288 g/mol. The molecule has 2 aromatic rings. The van der Waals surface area contributed by atoms with Crippen molar-refractivity contribution in [3.8, 4) is 0 Å². The summed E-state index contributed by atoms with van der Waals surface area (Å²) in [5.74, 6) is 0.889. The molecule has 3 nitrogen and oxygen atoms in total. The van der Waals surface area contributed by atoms with Crippen LogP contribution >= 0.6 is 11.3 Å². The van der Waals surface area contributed by atoms with Crippen LogP contribution in [0.3, 0.4) is 0 Å². The molecule has 1 saturated carbocycles. The fourth-order valence-electron chi connectivity index (χ4n) is 2.51. The highest BCUT2D eigenvalue weighted by Gasteiger charge is 2.25. The van der Waals surface area contributed by atoms with Gasteiger partial charge in [0, 0.05) is 16.4 Å². The molecule has 3 N–H and O–H groups in total. The molecular weight excluding hydrogens is 268 g/mol. The van der Waals surface area contributed by atoms with Crippen LogP contribution in [0, 0.1) is 5.92 Å². The third-order valence-corrected chi connectivity index (χ3v) is 5.02. The highest BCUT2D eigenvalue weighted by Crippen LogP contribution is 2.34. The van der Waals surface area contributed by atoms with E-state index in [1.807, 2.05) is 24.3 Å². The van der Waals surface area contributed by atoms with Crippen molar-refractivity contribution in [2.75, 3.05) is 5.73 Å². The Morgan fingerprint density at radius 1 is 1.45 bits per heavy atom. The third kappa shape index (κ3) is 2.96. The molecule has 1 heterocycles. The number of amides is 1. The fourth-order valence-corrected chi connectivity index (χ4v) is 3.46. The van der Waals surface area contributed by atoms with Crippen molar-refractivity contribution in [1.29, 1.82) is 0 Å². The van der Waals surface area contributed by atoms with Crippen molar-refractivity contribution in [3.05, 3.63) is 29.1 Å². The van der Waals surface area contributed by atoms with Gasteiger partial charge in [-0.15, -0.1) is 11.3 Å². The Labute approximate surface area is 123 Å². The molecule has 3 rings (SSSR count). The number of carbonyl (C=O) groups is 1. The predicted molar refractivity (Wildman–Crippen MR) is 85.1 cm³/mol.